The van der Waals surface area contributed by atoms with Gasteiger partial charge in [0, 0.05) is 28.2 Å². The Kier molecular flexibility index (Phi) is 5.25. The molecule has 142 valence electrons. The van der Waals surface area contributed by atoms with Crippen LogP contribution in [-0.2, 0) is 11.2 Å². The van der Waals surface area contributed by atoms with Crippen molar-refractivity contribution >= 4 is 34.5 Å². The van der Waals surface area contributed by atoms with Crippen molar-refractivity contribution in [3.8, 4) is 11.5 Å². The third kappa shape index (κ3) is 4.32. The highest BCUT2D eigenvalue weighted by molar-refractivity contribution is 7.09. The number of ether oxygens (including phenoxy) is 2. The molecule has 2 heterocycles. The van der Waals surface area contributed by atoms with Gasteiger partial charge in [-0.1, -0.05) is 12.1 Å². The van der Waals surface area contributed by atoms with Crippen molar-refractivity contribution in [2.75, 3.05) is 17.4 Å². The molecule has 0 aliphatic carbocycles. The van der Waals surface area contributed by atoms with Crippen LogP contribution in [0.5, 0.6) is 11.5 Å². The Bertz CT molecular complexity index is 1000. The van der Waals surface area contributed by atoms with Gasteiger partial charge in [0.05, 0.1) is 0 Å². The van der Waals surface area contributed by atoms with Crippen molar-refractivity contribution in [3.05, 3.63) is 70.4 Å². The fourth-order valence-electron chi connectivity index (χ4n) is 2.83. The fourth-order valence-corrected chi connectivity index (χ4v) is 3.54. The quantitative estimate of drug-likeness (QED) is 0.654. The van der Waals surface area contributed by atoms with Crippen molar-refractivity contribution in [1.82, 2.24) is 0 Å². The molecule has 0 saturated carbocycles. The largest absolute Gasteiger partial charge is 0.454 e. The number of carbonyl (C=O) groups excluding carboxylic acids is 2. The van der Waals surface area contributed by atoms with Gasteiger partial charge in [0.1, 0.15) is 0 Å². The van der Waals surface area contributed by atoms with Crippen molar-refractivity contribution < 1.29 is 19.1 Å². The van der Waals surface area contributed by atoms with Gasteiger partial charge >= 0.3 is 0 Å². The van der Waals surface area contributed by atoms with Crippen LogP contribution < -0.4 is 20.1 Å². The average molecular weight is 394 g/mol. The first-order valence-corrected chi connectivity index (χ1v) is 9.69. The van der Waals surface area contributed by atoms with Gasteiger partial charge in [-0.05, 0) is 54.3 Å². The van der Waals surface area contributed by atoms with Gasteiger partial charge < -0.3 is 20.1 Å². The monoisotopic (exact) mass is 394 g/mol. The molecule has 0 radical (unpaired) electrons. The third-order valence-corrected chi connectivity index (χ3v) is 5.15. The summed E-state index contributed by atoms with van der Waals surface area (Å²) in [6.45, 7) is 0.161. The summed E-state index contributed by atoms with van der Waals surface area (Å²) in [7, 11) is 0. The summed E-state index contributed by atoms with van der Waals surface area (Å²) in [4.78, 5) is 25.8. The molecule has 0 atom stereocenters. The predicted octanol–water partition coefficient (Wildman–Crippen LogP) is 4.30. The highest BCUT2D eigenvalue weighted by atomic mass is 32.1. The zero-order valence-corrected chi connectivity index (χ0v) is 15.8. The molecule has 2 N–H and O–H groups in total. The minimum Gasteiger partial charge on any atom is -0.454 e. The molecule has 0 saturated heterocycles. The van der Waals surface area contributed by atoms with E-state index in [2.05, 4.69) is 10.6 Å². The van der Waals surface area contributed by atoms with E-state index in [9.17, 15) is 9.59 Å². The molecule has 0 bridgehead atoms. The maximum absolute atomic E-state index is 12.5. The molecule has 1 aliphatic rings. The third-order valence-electron chi connectivity index (χ3n) is 4.22. The summed E-state index contributed by atoms with van der Waals surface area (Å²) in [5, 5.41) is 7.70. The minimum atomic E-state index is -0.264. The lowest BCUT2D eigenvalue weighted by Crippen LogP contribution is -2.14. The van der Waals surface area contributed by atoms with E-state index >= 15 is 0 Å². The molecule has 2 aromatic carbocycles. The van der Waals surface area contributed by atoms with Gasteiger partial charge in [-0.3, -0.25) is 9.59 Å². The second kappa shape index (κ2) is 8.14. The van der Waals surface area contributed by atoms with E-state index in [1.54, 1.807) is 53.8 Å². The first kappa shape index (κ1) is 18.1. The average Bonchev–Trinajstić information content (AvgIpc) is 3.37. The summed E-state index contributed by atoms with van der Waals surface area (Å²) in [6.07, 6.45) is 1.12. The van der Waals surface area contributed by atoms with Crippen LogP contribution in [0.1, 0.15) is 21.7 Å². The van der Waals surface area contributed by atoms with Crippen LogP contribution in [0.4, 0.5) is 11.4 Å². The number of hydrogen-bond donors (Lipinski definition) is 2. The van der Waals surface area contributed by atoms with Crippen LogP contribution >= 0.6 is 11.3 Å². The van der Waals surface area contributed by atoms with Gasteiger partial charge in [-0.2, -0.15) is 0 Å². The van der Waals surface area contributed by atoms with Gasteiger partial charge in [-0.25, -0.2) is 0 Å². The molecular weight excluding hydrogens is 376 g/mol. The first-order valence-electron chi connectivity index (χ1n) is 8.81. The van der Waals surface area contributed by atoms with Gasteiger partial charge in [0.15, 0.2) is 11.5 Å². The standard InChI is InChI=1S/C21H18N2O4S/c24-20(9-7-17-5-2-10-28-17)22-15-3-1-4-16(12-15)23-21(25)14-6-8-18-19(11-14)27-13-26-18/h1-6,8,10-12H,7,9,13H2,(H,22,24)(H,23,25). The van der Waals surface area contributed by atoms with E-state index in [0.717, 1.165) is 0 Å². The second-order valence-corrected chi connectivity index (χ2v) is 7.26. The molecule has 1 aliphatic heterocycles. The number of aryl methyl sites for hydroxylation is 1. The molecule has 0 spiro atoms. The normalized spacial score (nSPS) is 11.9. The zero-order valence-electron chi connectivity index (χ0n) is 14.9. The molecule has 2 amide bonds. The summed E-state index contributed by atoms with van der Waals surface area (Å²) >= 11 is 1.64. The molecule has 4 rings (SSSR count). The van der Waals surface area contributed by atoms with Gasteiger partial charge in [0.2, 0.25) is 12.7 Å². The SMILES string of the molecule is O=C(CCc1cccs1)Nc1cccc(NC(=O)c2ccc3c(c2)OCO3)c1. The Labute approximate surface area is 166 Å². The first-order chi connectivity index (χ1) is 13.7. The zero-order chi connectivity index (χ0) is 19.3. The number of rotatable bonds is 6. The lowest BCUT2D eigenvalue weighted by Gasteiger charge is -2.09. The second-order valence-electron chi connectivity index (χ2n) is 6.23. The fraction of sp³-hybridized carbons (Fsp3) is 0.143. The van der Waals surface area contributed by atoms with E-state index in [1.807, 2.05) is 17.5 Å². The van der Waals surface area contributed by atoms with Crippen LogP contribution in [0.25, 0.3) is 0 Å². The van der Waals surface area contributed by atoms with E-state index in [0.29, 0.717) is 41.3 Å². The van der Waals surface area contributed by atoms with Crippen molar-refractivity contribution in [2.45, 2.75) is 12.8 Å². The van der Waals surface area contributed by atoms with Crippen molar-refractivity contribution in [3.63, 3.8) is 0 Å². The Morgan fingerprint density at radius 3 is 2.57 bits per heavy atom. The molecule has 0 fully saturated rings. The summed E-state index contributed by atoms with van der Waals surface area (Å²) in [5.41, 5.74) is 1.70. The Morgan fingerprint density at radius 2 is 1.75 bits per heavy atom. The summed E-state index contributed by atoms with van der Waals surface area (Å²) < 4.78 is 10.6. The van der Waals surface area contributed by atoms with Gasteiger partial charge in [0.25, 0.3) is 5.91 Å². The Morgan fingerprint density at radius 1 is 0.929 bits per heavy atom. The molecular formula is C21H18N2O4S. The number of carbonyl (C=O) groups is 2. The number of nitrogens with one attached hydrogen (secondary N) is 2. The number of hydrogen-bond acceptors (Lipinski definition) is 5. The molecule has 7 heteroatoms. The number of thiophene rings is 1. The molecule has 3 aromatic rings. The Balaban J connectivity index is 1.36. The molecule has 0 unspecified atom stereocenters. The van der Waals surface area contributed by atoms with Crippen LogP contribution in [0.2, 0.25) is 0 Å². The lowest BCUT2D eigenvalue weighted by atomic mass is 10.2. The van der Waals surface area contributed by atoms with Crippen LogP contribution in [0.3, 0.4) is 0 Å². The van der Waals surface area contributed by atoms with E-state index < -0.39 is 0 Å². The van der Waals surface area contributed by atoms with Crippen LogP contribution in [0, 0.1) is 0 Å². The van der Waals surface area contributed by atoms with Crippen molar-refractivity contribution in [1.29, 1.82) is 0 Å². The maximum Gasteiger partial charge on any atom is 0.255 e. The minimum absolute atomic E-state index is 0.0624. The maximum atomic E-state index is 12.5. The smallest absolute Gasteiger partial charge is 0.255 e. The van der Waals surface area contributed by atoms with Crippen LogP contribution in [0.15, 0.2) is 60.0 Å². The molecule has 28 heavy (non-hydrogen) atoms. The molecule has 1 aromatic heterocycles. The van der Waals surface area contributed by atoms with Gasteiger partial charge in [-0.15, -0.1) is 11.3 Å². The highest BCUT2D eigenvalue weighted by Crippen LogP contribution is 2.32. The summed E-state index contributed by atoms with van der Waals surface area (Å²) in [5.74, 6) is 0.857. The predicted molar refractivity (Wildman–Crippen MR) is 108 cm³/mol. The van der Waals surface area contributed by atoms with Crippen molar-refractivity contribution in [2.24, 2.45) is 0 Å². The Hall–Kier alpha value is -3.32. The van der Waals surface area contributed by atoms with E-state index in [-0.39, 0.29) is 18.6 Å². The van der Waals surface area contributed by atoms with Crippen LogP contribution in [-0.4, -0.2) is 18.6 Å². The van der Waals surface area contributed by atoms with E-state index in [1.165, 1.54) is 4.88 Å². The number of fused-ring (bicyclic) bond motifs is 1. The summed E-state index contributed by atoms with van der Waals surface area (Å²) in [6, 6.07) is 16.1. The van der Waals surface area contributed by atoms with E-state index in [4.69, 9.17) is 9.47 Å². The number of benzene rings is 2. The highest BCUT2D eigenvalue weighted by Gasteiger charge is 2.16. The number of amides is 2. The lowest BCUT2D eigenvalue weighted by molar-refractivity contribution is -0.116. The number of anilines is 2. The molecule has 6 nitrogen and oxygen atoms in total. The topological polar surface area (TPSA) is 76.7 Å².